The smallest absolute Gasteiger partial charge is 0.253 e. The highest BCUT2D eigenvalue weighted by molar-refractivity contribution is 9.10. The first-order valence-corrected chi connectivity index (χ1v) is 7.98. The van der Waals surface area contributed by atoms with Crippen molar-refractivity contribution >= 4 is 45.8 Å². The number of nitrogen functional groups attached to an aromatic ring is 1. The molecule has 1 heterocycles. The summed E-state index contributed by atoms with van der Waals surface area (Å²) in [5, 5.41) is 2.75. The third-order valence-corrected chi connectivity index (χ3v) is 4.08. The van der Waals surface area contributed by atoms with Crippen LogP contribution in [0.25, 0.3) is 0 Å². The quantitative estimate of drug-likeness (QED) is 0.776. The number of piperidine rings is 1. The summed E-state index contributed by atoms with van der Waals surface area (Å²) in [6, 6.07) is 5.12. The second-order valence-electron chi connectivity index (χ2n) is 5.18. The molecule has 5 nitrogen and oxygen atoms in total. The summed E-state index contributed by atoms with van der Waals surface area (Å²) in [4.78, 5) is 25.9. The van der Waals surface area contributed by atoms with Crippen molar-refractivity contribution in [1.29, 1.82) is 0 Å². The zero-order chi connectivity index (χ0) is 15.2. The lowest BCUT2D eigenvalue weighted by molar-refractivity contribution is -0.131. The topological polar surface area (TPSA) is 75.4 Å². The van der Waals surface area contributed by atoms with Gasteiger partial charge in [-0.1, -0.05) is 15.9 Å². The first-order chi connectivity index (χ1) is 10.1. The number of carbonyl (C=O) groups excluding carboxylic acids is 2. The molecule has 0 saturated carbocycles. The highest BCUT2D eigenvalue weighted by Crippen LogP contribution is 2.18. The number of nitrogens with zero attached hydrogens (tertiary/aromatic N) is 1. The van der Waals surface area contributed by atoms with Crippen molar-refractivity contribution in [2.75, 3.05) is 25.4 Å². The molecule has 1 aromatic rings. The van der Waals surface area contributed by atoms with Gasteiger partial charge in [-0.2, -0.15) is 0 Å². The monoisotopic (exact) mass is 389 g/mol. The van der Waals surface area contributed by atoms with E-state index in [1.807, 2.05) is 4.90 Å². The number of hydrogen-bond donors (Lipinski definition) is 2. The van der Waals surface area contributed by atoms with Crippen molar-refractivity contribution in [3.63, 3.8) is 0 Å². The molecule has 3 N–H and O–H groups in total. The molecule has 0 radical (unpaired) electrons. The Balaban J connectivity index is 0.00000242. The van der Waals surface area contributed by atoms with Crippen LogP contribution in [0.15, 0.2) is 22.7 Å². The Morgan fingerprint density at radius 3 is 2.55 bits per heavy atom. The maximum absolute atomic E-state index is 12.0. The van der Waals surface area contributed by atoms with Gasteiger partial charge in [0, 0.05) is 36.2 Å². The molecule has 1 aliphatic rings. The van der Waals surface area contributed by atoms with Gasteiger partial charge in [-0.05, 0) is 37.5 Å². The molecule has 0 unspecified atom stereocenters. The van der Waals surface area contributed by atoms with Gasteiger partial charge in [0.05, 0.1) is 5.56 Å². The lowest BCUT2D eigenvalue weighted by Gasteiger charge is -2.26. The summed E-state index contributed by atoms with van der Waals surface area (Å²) in [6.07, 6.45) is 3.69. The molecule has 1 aromatic carbocycles. The third-order valence-electron chi connectivity index (χ3n) is 3.59. The van der Waals surface area contributed by atoms with E-state index in [0.717, 1.165) is 30.4 Å². The summed E-state index contributed by atoms with van der Waals surface area (Å²) < 4.78 is 0.830. The second kappa shape index (κ2) is 9.00. The Bertz CT molecular complexity index is 534. The lowest BCUT2D eigenvalue weighted by Crippen LogP contribution is -2.37. The van der Waals surface area contributed by atoms with Gasteiger partial charge in [0.15, 0.2) is 0 Å². The van der Waals surface area contributed by atoms with Gasteiger partial charge in [-0.15, -0.1) is 12.4 Å². The molecule has 0 aromatic heterocycles. The van der Waals surface area contributed by atoms with Gasteiger partial charge in [0.2, 0.25) is 5.91 Å². The fourth-order valence-electron chi connectivity index (χ4n) is 2.42. The van der Waals surface area contributed by atoms with Crippen molar-refractivity contribution in [2.45, 2.75) is 25.7 Å². The number of nitrogens with one attached hydrogen (secondary N) is 1. The maximum Gasteiger partial charge on any atom is 0.253 e. The number of nitrogens with two attached hydrogens (primary N) is 1. The van der Waals surface area contributed by atoms with Crippen LogP contribution in [0.5, 0.6) is 0 Å². The van der Waals surface area contributed by atoms with Crippen LogP contribution < -0.4 is 11.1 Å². The molecular formula is C15H21BrClN3O2. The van der Waals surface area contributed by atoms with Gasteiger partial charge in [0.1, 0.15) is 0 Å². The first-order valence-electron chi connectivity index (χ1n) is 7.19. The van der Waals surface area contributed by atoms with Crippen LogP contribution in [0.3, 0.4) is 0 Å². The molecule has 0 atom stereocenters. The van der Waals surface area contributed by atoms with E-state index in [4.69, 9.17) is 5.73 Å². The Hall–Kier alpha value is -1.27. The molecule has 2 amide bonds. The van der Waals surface area contributed by atoms with E-state index in [0.29, 0.717) is 24.2 Å². The van der Waals surface area contributed by atoms with E-state index in [9.17, 15) is 9.59 Å². The largest absolute Gasteiger partial charge is 0.398 e. The Morgan fingerprint density at radius 1 is 1.23 bits per heavy atom. The van der Waals surface area contributed by atoms with Gasteiger partial charge in [-0.3, -0.25) is 9.59 Å². The lowest BCUT2D eigenvalue weighted by atomic mass is 10.1. The molecule has 1 saturated heterocycles. The van der Waals surface area contributed by atoms with Crippen molar-refractivity contribution in [2.24, 2.45) is 0 Å². The van der Waals surface area contributed by atoms with Crippen molar-refractivity contribution < 1.29 is 9.59 Å². The van der Waals surface area contributed by atoms with Gasteiger partial charge < -0.3 is 16.0 Å². The number of hydrogen-bond acceptors (Lipinski definition) is 3. The van der Waals surface area contributed by atoms with E-state index >= 15 is 0 Å². The predicted octanol–water partition coefficient (Wildman–Crippen LogP) is 2.59. The van der Waals surface area contributed by atoms with Crippen LogP contribution in [0.1, 0.15) is 36.0 Å². The minimum Gasteiger partial charge on any atom is -0.398 e. The second-order valence-corrected chi connectivity index (χ2v) is 6.09. The van der Waals surface area contributed by atoms with Crippen LogP contribution in [-0.2, 0) is 4.79 Å². The molecule has 0 bridgehead atoms. The van der Waals surface area contributed by atoms with E-state index in [2.05, 4.69) is 21.2 Å². The number of anilines is 1. The Morgan fingerprint density at radius 2 is 1.91 bits per heavy atom. The van der Waals surface area contributed by atoms with E-state index in [-0.39, 0.29) is 24.2 Å². The zero-order valence-corrected chi connectivity index (χ0v) is 14.7. The summed E-state index contributed by atoms with van der Waals surface area (Å²) in [5.74, 6) is -0.134. The highest BCUT2D eigenvalue weighted by Gasteiger charge is 2.16. The van der Waals surface area contributed by atoms with E-state index in [1.165, 1.54) is 6.42 Å². The van der Waals surface area contributed by atoms with Crippen molar-refractivity contribution in [3.05, 3.63) is 28.2 Å². The molecule has 2 rings (SSSR count). The van der Waals surface area contributed by atoms with Gasteiger partial charge in [-0.25, -0.2) is 0 Å². The van der Waals surface area contributed by atoms with Gasteiger partial charge in [0.25, 0.3) is 5.91 Å². The predicted molar refractivity (Wildman–Crippen MR) is 93.2 cm³/mol. The van der Waals surface area contributed by atoms with E-state index in [1.54, 1.807) is 18.2 Å². The SMILES string of the molecule is Cl.Nc1cc(Br)ccc1C(=O)NCCC(=O)N1CCCCC1. The van der Waals surface area contributed by atoms with Crippen LogP contribution in [0, 0.1) is 0 Å². The summed E-state index contributed by atoms with van der Waals surface area (Å²) in [5.41, 5.74) is 6.66. The summed E-state index contributed by atoms with van der Waals surface area (Å²) >= 11 is 3.30. The average molecular weight is 391 g/mol. The standard InChI is InChI=1S/C15H20BrN3O2.ClH/c16-11-4-5-12(13(17)10-11)15(21)18-7-6-14(20)19-8-2-1-3-9-19;/h4-5,10H,1-3,6-9,17H2,(H,18,21);1H. The molecule has 0 aliphatic carbocycles. The zero-order valence-electron chi connectivity index (χ0n) is 12.3. The Kier molecular flexibility index (Phi) is 7.68. The minimum absolute atomic E-state index is 0. The van der Waals surface area contributed by atoms with Crippen LogP contribution in [0.4, 0.5) is 5.69 Å². The van der Waals surface area contributed by atoms with E-state index < -0.39 is 0 Å². The fraction of sp³-hybridized carbons (Fsp3) is 0.467. The summed E-state index contributed by atoms with van der Waals surface area (Å²) in [7, 11) is 0. The number of benzene rings is 1. The van der Waals surface area contributed by atoms with Crippen molar-refractivity contribution in [3.8, 4) is 0 Å². The van der Waals surface area contributed by atoms with Gasteiger partial charge >= 0.3 is 0 Å². The number of carbonyl (C=O) groups is 2. The number of halogens is 2. The average Bonchev–Trinajstić information content (AvgIpc) is 2.47. The Labute approximate surface area is 145 Å². The van der Waals surface area contributed by atoms with Crippen LogP contribution in [-0.4, -0.2) is 36.3 Å². The molecule has 22 heavy (non-hydrogen) atoms. The highest BCUT2D eigenvalue weighted by atomic mass is 79.9. The summed E-state index contributed by atoms with van der Waals surface area (Å²) in [6.45, 7) is 2.02. The molecule has 1 aliphatic heterocycles. The molecular weight excluding hydrogens is 370 g/mol. The molecule has 1 fully saturated rings. The number of likely N-dealkylation sites (tertiary alicyclic amines) is 1. The number of rotatable bonds is 4. The third kappa shape index (κ3) is 5.18. The number of amides is 2. The molecule has 0 spiro atoms. The molecule has 7 heteroatoms. The van der Waals surface area contributed by atoms with Crippen LogP contribution >= 0.6 is 28.3 Å². The minimum atomic E-state index is -0.244. The first kappa shape index (κ1) is 18.8. The fourth-order valence-corrected chi connectivity index (χ4v) is 2.80. The normalized spacial score (nSPS) is 14.1. The molecule has 122 valence electrons. The maximum atomic E-state index is 12.0. The van der Waals surface area contributed by atoms with Crippen LogP contribution in [0.2, 0.25) is 0 Å². The van der Waals surface area contributed by atoms with Crippen molar-refractivity contribution in [1.82, 2.24) is 10.2 Å².